The van der Waals surface area contributed by atoms with E-state index < -0.39 is 22.9 Å². The first-order valence-electron chi connectivity index (χ1n) is 10.6. The van der Waals surface area contributed by atoms with Gasteiger partial charge in [-0.1, -0.05) is 18.2 Å². The van der Waals surface area contributed by atoms with Crippen molar-refractivity contribution in [2.45, 2.75) is 20.1 Å². The van der Waals surface area contributed by atoms with Crippen LogP contribution in [0.4, 0.5) is 9.18 Å². The Morgan fingerprint density at radius 2 is 1.86 bits per heavy atom. The Kier molecular flexibility index (Phi) is 7.21. The van der Waals surface area contributed by atoms with Crippen molar-refractivity contribution in [1.29, 1.82) is 0 Å². The van der Waals surface area contributed by atoms with E-state index in [1.807, 2.05) is 6.92 Å². The number of carbonyl (C=O) groups is 3. The van der Waals surface area contributed by atoms with E-state index in [0.717, 1.165) is 16.7 Å². The fourth-order valence-corrected chi connectivity index (χ4v) is 4.12. The highest BCUT2D eigenvalue weighted by Gasteiger charge is 2.35. The molecular formula is C25H20FNO7S. The van der Waals surface area contributed by atoms with E-state index >= 15 is 0 Å². The van der Waals surface area contributed by atoms with Crippen molar-refractivity contribution < 1.29 is 37.8 Å². The van der Waals surface area contributed by atoms with Crippen molar-refractivity contribution in [2.75, 3.05) is 6.61 Å². The minimum Gasteiger partial charge on any atom is -0.490 e. The lowest BCUT2D eigenvalue weighted by atomic mass is 10.1. The molecule has 8 nitrogen and oxygen atoms in total. The average molecular weight is 498 g/mol. The number of aromatic carboxylic acids is 1. The Morgan fingerprint density at radius 1 is 1.09 bits per heavy atom. The number of rotatable bonds is 9. The summed E-state index contributed by atoms with van der Waals surface area (Å²) in [7, 11) is 0. The van der Waals surface area contributed by atoms with E-state index in [1.165, 1.54) is 36.4 Å². The second-order valence-corrected chi connectivity index (χ2v) is 8.39. The molecule has 10 heteroatoms. The minimum atomic E-state index is -1.17. The van der Waals surface area contributed by atoms with Gasteiger partial charge in [0.2, 0.25) is 5.76 Å². The first kappa shape index (κ1) is 24.1. The summed E-state index contributed by atoms with van der Waals surface area (Å²) in [5, 5.41) is 8.55. The van der Waals surface area contributed by atoms with Crippen LogP contribution in [-0.4, -0.2) is 33.7 Å². The molecule has 0 spiro atoms. The summed E-state index contributed by atoms with van der Waals surface area (Å²) in [5.74, 6) is -1.03. The van der Waals surface area contributed by atoms with Gasteiger partial charge in [-0.2, -0.15) is 0 Å². The van der Waals surface area contributed by atoms with E-state index in [2.05, 4.69) is 0 Å². The number of furan rings is 1. The van der Waals surface area contributed by atoms with Gasteiger partial charge in [-0.3, -0.25) is 14.5 Å². The molecule has 3 aromatic rings. The molecule has 4 rings (SSSR count). The molecule has 0 radical (unpaired) electrons. The lowest BCUT2D eigenvalue weighted by molar-refractivity contribution is -0.123. The number of halogens is 1. The van der Waals surface area contributed by atoms with E-state index in [1.54, 1.807) is 24.3 Å². The van der Waals surface area contributed by atoms with Crippen LogP contribution in [0.3, 0.4) is 0 Å². The maximum atomic E-state index is 13.1. The maximum Gasteiger partial charge on any atom is 0.371 e. The number of amides is 2. The molecule has 1 saturated heterocycles. The summed E-state index contributed by atoms with van der Waals surface area (Å²) >= 11 is 0.827. The number of ether oxygens (including phenoxy) is 2. The third-order valence-corrected chi connectivity index (χ3v) is 5.84. The van der Waals surface area contributed by atoms with Gasteiger partial charge in [-0.25, -0.2) is 9.18 Å². The van der Waals surface area contributed by atoms with Crippen LogP contribution < -0.4 is 9.47 Å². The van der Waals surface area contributed by atoms with Crippen molar-refractivity contribution in [2.24, 2.45) is 0 Å². The highest BCUT2D eigenvalue weighted by molar-refractivity contribution is 8.18. The zero-order chi connectivity index (χ0) is 24.9. The third-order valence-electron chi connectivity index (χ3n) is 4.94. The topological polar surface area (TPSA) is 106 Å². The quantitative estimate of drug-likeness (QED) is 0.396. The molecule has 1 aliphatic rings. The van der Waals surface area contributed by atoms with Crippen molar-refractivity contribution in [1.82, 2.24) is 4.90 Å². The predicted molar refractivity (Wildman–Crippen MR) is 126 cm³/mol. The number of thioether (sulfide) groups is 1. The van der Waals surface area contributed by atoms with E-state index in [-0.39, 0.29) is 23.8 Å². The molecule has 35 heavy (non-hydrogen) atoms. The van der Waals surface area contributed by atoms with Crippen LogP contribution in [0.15, 0.2) is 63.9 Å². The van der Waals surface area contributed by atoms with Gasteiger partial charge in [0.05, 0.1) is 18.1 Å². The molecule has 0 bridgehead atoms. The van der Waals surface area contributed by atoms with Crippen LogP contribution in [0, 0.1) is 5.82 Å². The Bertz CT molecular complexity index is 1300. The van der Waals surface area contributed by atoms with Gasteiger partial charge in [-0.05, 0) is 72.3 Å². The molecule has 1 N–H and O–H groups in total. The number of hydrogen-bond acceptors (Lipinski definition) is 7. The van der Waals surface area contributed by atoms with E-state index in [9.17, 15) is 18.8 Å². The van der Waals surface area contributed by atoms with Crippen LogP contribution in [0.1, 0.15) is 34.4 Å². The van der Waals surface area contributed by atoms with Gasteiger partial charge >= 0.3 is 5.97 Å². The Labute approximate surface area is 203 Å². The first-order valence-corrected chi connectivity index (χ1v) is 11.4. The SMILES string of the molecule is CCOc1cc(C=C2SC(=O)N(Cc3ccc(F)cc3)C2=O)ccc1OCc1ccc(C(=O)O)o1. The standard InChI is InChI=1S/C25H20FNO7S/c1-2-32-21-11-16(5-9-19(21)33-14-18-8-10-20(34-18)24(29)30)12-22-23(28)27(25(31)35-22)13-15-3-6-17(26)7-4-15/h3-12H,2,13-14H2,1H3,(H,29,30). The van der Waals surface area contributed by atoms with Gasteiger partial charge in [0.15, 0.2) is 11.5 Å². The minimum absolute atomic E-state index is 0.00498. The second-order valence-electron chi connectivity index (χ2n) is 7.39. The van der Waals surface area contributed by atoms with E-state index in [4.69, 9.17) is 19.0 Å². The Morgan fingerprint density at radius 3 is 2.54 bits per heavy atom. The molecule has 2 heterocycles. The summed E-state index contributed by atoms with van der Waals surface area (Å²) in [5.41, 5.74) is 1.27. The molecule has 0 atom stereocenters. The molecule has 2 aromatic carbocycles. The zero-order valence-electron chi connectivity index (χ0n) is 18.5. The van der Waals surface area contributed by atoms with Gasteiger partial charge in [0.1, 0.15) is 18.2 Å². The maximum absolute atomic E-state index is 13.1. The van der Waals surface area contributed by atoms with Gasteiger partial charge in [0, 0.05) is 0 Å². The zero-order valence-corrected chi connectivity index (χ0v) is 19.3. The van der Waals surface area contributed by atoms with Gasteiger partial charge in [0.25, 0.3) is 11.1 Å². The smallest absolute Gasteiger partial charge is 0.371 e. The number of hydrogen-bond donors (Lipinski definition) is 1. The number of benzene rings is 2. The largest absolute Gasteiger partial charge is 0.490 e. The molecule has 0 aliphatic carbocycles. The van der Waals surface area contributed by atoms with Crippen molar-refractivity contribution in [3.63, 3.8) is 0 Å². The van der Waals surface area contributed by atoms with Crippen LogP contribution in [0.25, 0.3) is 6.08 Å². The molecule has 180 valence electrons. The average Bonchev–Trinajstić information content (AvgIpc) is 3.41. The number of imide groups is 1. The highest BCUT2D eigenvalue weighted by Crippen LogP contribution is 2.35. The van der Waals surface area contributed by atoms with E-state index in [0.29, 0.717) is 35.0 Å². The summed E-state index contributed by atoms with van der Waals surface area (Å²) in [6, 6.07) is 13.5. The molecule has 1 aromatic heterocycles. The fraction of sp³-hybridized carbons (Fsp3) is 0.160. The molecule has 2 amide bonds. The molecule has 0 unspecified atom stereocenters. The van der Waals surface area contributed by atoms with Crippen LogP contribution >= 0.6 is 11.8 Å². The second kappa shape index (κ2) is 10.5. The number of carboxylic acid groups (broad SMARTS) is 1. The van der Waals surface area contributed by atoms with Gasteiger partial charge in [-0.15, -0.1) is 0 Å². The number of nitrogens with zero attached hydrogens (tertiary/aromatic N) is 1. The fourth-order valence-electron chi connectivity index (χ4n) is 3.28. The number of carbonyl (C=O) groups excluding carboxylic acids is 2. The molecule has 1 aliphatic heterocycles. The molecule has 0 saturated carbocycles. The Hall–Kier alpha value is -4.05. The molecular weight excluding hydrogens is 477 g/mol. The van der Waals surface area contributed by atoms with Crippen LogP contribution in [-0.2, 0) is 17.9 Å². The number of carboxylic acids is 1. The monoisotopic (exact) mass is 497 g/mol. The van der Waals surface area contributed by atoms with Crippen molar-refractivity contribution >= 4 is 35.0 Å². The normalized spacial score (nSPS) is 14.6. The first-order chi connectivity index (χ1) is 16.8. The summed E-state index contributed by atoms with van der Waals surface area (Å²) in [6.45, 7) is 2.21. The predicted octanol–water partition coefficient (Wildman–Crippen LogP) is 5.33. The van der Waals surface area contributed by atoms with Crippen molar-refractivity contribution in [3.05, 3.63) is 88.0 Å². The lowest BCUT2D eigenvalue weighted by Gasteiger charge is -2.13. The van der Waals surface area contributed by atoms with Gasteiger partial charge < -0.3 is 19.0 Å². The summed E-state index contributed by atoms with van der Waals surface area (Å²) < 4.78 is 29.7. The van der Waals surface area contributed by atoms with Crippen LogP contribution in [0.2, 0.25) is 0 Å². The summed E-state index contributed by atoms with van der Waals surface area (Å²) in [4.78, 5) is 37.5. The van der Waals surface area contributed by atoms with Crippen molar-refractivity contribution in [3.8, 4) is 11.5 Å². The Balaban J connectivity index is 1.48. The summed E-state index contributed by atoms with van der Waals surface area (Å²) in [6.07, 6.45) is 1.59. The highest BCUT2D eigenvalue weighted by atomic mass is 32.2. The van der Waals surface area contributed by atoms with Crippen LogP contribution in [0.5, 0.6) is 11.5 Å². The lowest BCUT2D eigenvalue weighted by Crippen LogP contribution is -2.27. The third kappa shape index (κ3) is 5.72. The molecule has 1 fully saturated rings.